The molecule has 1 unspecified atom stereocenters. The van der Waals surface area contributed by atoms with Crippen LogP contribution in [0.25, 0.3) is 0 Å². The number of rotatable bonds is 7. The van der Waals surface area contributed by atoms with Gasteiger partial charge in [-0.2, -0.15) is 0 Å². The van der Waals surface area contributed by atoms with Crippen LogP contribution in [0.5, 0.6) is 0 Å². The monoisotopic (exact) mass is 214 g/mol. The lowest BCUT2D eigenvalue weighted by Crippen LogP contribution is -2.39. The van der Waals surface area contributed by atoms with Crippen molar-refractivity contribution in [1.29, 1.82) is 0 Å². The van der Waals surface area contributed by atoms with E-state index in [2.05, 4.69) is 52.0 Å². The summed E-state index contributed by atoms with van der Waals surface area (Å²) in [4.78, 5) is 2.27. The molecule has 0 saturated carbocycles. The van der Waals surface area contributed by atoms with E-state index < -0.39 is 0 Å². The third kappa shape index (κ3) is 10.2. The van der Waals surface area contributed by atoms with Crippen LogP contribution < -0.4 is 5.32 Å². The number of nitrogens with one attached hydrogen (secondary N) is 1. The van der Waals surface area contributed by atoms with Crippen LogP contribution in [0, 0.1) is 5.41 Å². The molecule has 0 heterocycles. The fraction of sp³-hybridized carbons (Fsp3) is 1.00. The SMILES string of the molecule is CCCNC(CCC(C)(C)C)CN(C)C. The number of nitrogens with zero attached hydrogens (tertiary/aromatic N) is 1. The normalized spacial score (nSPS) is 14.6. The molecule has 0 aromatic heterocycles. The van der Waals surface area contributed by atoms with Crippen molar-refractivity contribution in [3.8, 4) is 0 Å². The molecule has 0 amide bonds. The number of likely N-dealkylation sites (N-methyl/N-ethyl adjacent to an activating group) is 1. The van der Waals surface area contributed by atoms with Gasteiger partial charge in [0.05, 0.1) is 0 Å². The van der Waals surface area contributed by atoms with E-state index in [1.54, 1.807) is 0 Å². The molecule has 0 rings (SSSR count). The Hall–Kier alpha value is -0.0800. The molecule has 2 nitrogen and oxygen atoms in total. The van der Waals surface area contributed by atoms with Crippen molar-refractivity contribution in [2.75, 3.05) is 27.2 Å². The number of hydrogen-bond acceptors (Lipinski definition) is 2. The van der Waals surface area contributed by atoms with Crippen LogP contribution in [0.15, 0.2) is 0 Å². The van der Waals surface area contributed by atoms with Crippen LogP contribution in [0.2, 0.25) is 0 Å². The van der Waals surface area contributed by atoms with Gasteiger partial charge in [0.1, 0.15) is 0 Å². The van der Waals surface area contributed by atoms with Gasteiger partial charge in [0.25, 0.3) is 0 Å². The highest BCUT2D eigenvalue weighted by atomic mass is 15.1. The average Bonchev–Trinajstić information content (AvgIpc) is 2.07. The van der Waals surface area contributed by atoms with Crippen LogP contribution in [0.1, 0.15) is 47.0 Å². The van der Waals surface area contributed by atoms with Crippen molar-refractivity contribution in [2.45, 2.75) is 53.0 Å². The summed E-state index contributed by atoms with van der Waals surface area (Å²) in [6, 6.07) is 0.652. The lowest BCUT2D eigenvalue weighted by atomic mass is 9.88. The maximum Gasteiger partial charge on any atom is 0.0194 e. The highest BCUT2D eigenvalue weighted by molar-refractivity contribution is 4.73. The summed E-state index contributed by atoms with van der Waals surface area (Å²) in [6.07, 6.45) is 3.79. The van der Waals surface area contributed by atoms with Crippen molar-refractivity contribution in [1.82, 2.24) is 10.2 Å². The van der Waals surface area contributed by atoms with Crippen molar-refractivity contribution in [3.63, 3.8) is 0 Å². The standard InChI is InChI=1S/C13H30N2/c1-7-10-14-12(11-15(5)6)8-9-13(2,3)4/h12,14H,7-11H2,1-6H3. The Morgan fingerprint density at radius 2 is 1.80 bits per heavy atom. The van der Waals surface area contributed by atoms with E-state index in [9.17, 15) is 0 Å². The van der Waals surface area contributed by atoms with E-state index in [-0.39, 0.29) is 0 Å². The molecule has 0 spiro atoms. The zero-order valence-electron chi connectivity index (χ0n) is 11.6. The van der Waals surface area contributed by atoms with Crippen LogP contribution in [-0.4, -0.2) is 38.1 Å². The van der Waals surface area contributed by atoms with Crippen molar-refractivity contribution in [2.24, 2.45) is 5.41 Å². The maximum absolute atomic E-state index is 3.63. The Morgan fingerprint density at radius 3 is 2.20 bits per heavy atom. The second-order valence-electron chi connectivity index (χ2n) is 6.01. The summed E-state index contributed by atoms with van der Waals surface area (Å²) in [5.74, 6) is 0. The van der Waals surface area contributed by atoms with E-state index >= 15 is 0 Å². The van der Waals surface area contributed by atoms with E-state index in [4.69, 9.17) is 0 Å². The highest BCUT2D eigenvalue weighted by Crippen LogP contribution is 2.21. The molecule has 15 heavy (non-hydrogen) atoms. The minimum absolute atomic E-state index is 0.457. The van der Waals surface area contributed by atoms with Crippen molar-refractivity contribution in [3.05, 3.63) is 0 Å². The minimum Gasteiger partial charge on any atom is -0.313 e. The Labute approximate surface area is 96.4 Å². The smallest absolute Gasteiger partial charge is 0.0194 e. The summed E-state index contributed by atoms with van der Waals surface area (Å²) < 4.78 is 0. The van der Waals surface area contributed by atoms with Gasteiger partial charge in [-0.05, 0) is 45.3 Å². The highest BCUT2D eigenvalue weighted by Gasteiger charge is 2.15. The molecule has 0 radical (unpaired) electrons. The predicted octanol–water partition coefficient (Wildman–Crippen LogP) is 2.74. The fourth-order valence-electron chi connectivity index (χ4n) is 1.65. The van der Waals surface area contributed by atoms with E-state index in [0.717, 1.165) is 13.1 Å². The quantitative estimate of drug-likeness (QED) is 0.701. The molecule has 0 bridgehead atoms. The molecule has 0 aliphatic carbocycles. The third-order valence-corrected chi connectivity index (χ3v) is 2.51. The van der Waals surface area contributed by atoms with E-state index in [1.807, 2.05) is 0 Å². The van der Waals surface area contributed by atoms with Crippen LogP contribution in [0.3, 0.4) is 0 Å². The summed E-state index contributed by atoms with van der Waals surface area (Å²) in [7, 11) is 4.30. The van der Waals surface area contributed by atoms with Gasteiger partial charge in [0, 0.05) is 12.6 Å². The van der Waals surface area contributed by atoms with Gasteiger partial charge in [0.2, 0.25) is 0 Å². The van der Waals surface area contributed by atoms with Gasteiger partial charge in [-0.15, -0.1) is 0 Å². The summed E-state index contributed by atoms with van der Waals surface area (Å²) in [5.41, 5.74) is 0.457. The minimum atomic E-state index is 0.457. The van der Waals surface area contributed by atoms with Crippen LogP contribution >= 0.6 is 0 Å². The van der Waals surface area contributed by atoms with Gasteiger partial charge in [-0.3, -0.25) is 0 Å². The van der Waals surface area contributed by atoms with Gasteiger partial charge in [-0.25, -0.2) is 0 Å². The molecule has 92 valence electrons. The van der Waals surface area contributed by atoms with Crippen LogP contribution in [-0.2, 0) is 0 Å². The first-order valence-corrected chi connectivity index (χ1v) is 6.23. The lowest BCUT2D eigenvalue weighted by molar-refractivity contribution is 0.283. The average molecular weight is 214 g/mol. The molecule has 0 aromatic rings. The molecule has 0 fully saturated rings. The Morgan fingerprint density at radius 1 is 1.20 bits per heavy atom. The molecule has 0 aliphatic rings. The second-order valence-corrected chi connectivity index (χ2v) is 6.01. The van der Waals surface area contributed by atoms with Gasteiger partial charge < -0.3 is 10.2 Å². The van der Waals surface area contributed by atoms with E-state index in [0.29, 0.717) is 11.5 Å². The Bertz CT molecular complexity index is 147. The zero-order valence-corrected chi connectivity index (χ0v) is 11.6. The second kappa shape index (κ2) is 7.24. The topological polar surface area (TPSA) is 15.3 Å². The maximum atomic E-state index is 3.63. The molecular formula is C13H30N2. The van der Waals surface area contributed by atoms with Crippen LogP contribution in [0.4, 0.5) is 0 Å². The molecule has 1 N–H and O–H groups in total. The molecule has 0 saturated heterocycles. The molecule has 0 aromatic carbocycles. The first-order chi connectivity index (χ1) is 6.85. The summed E-state index contributed by atoms with van der Waals surface area (Å²) >= 11 is 0. The summed E-state index contributed by atoms with van der Waals surface area (Å²) in [6.45, 7) is 11.5. The Kier molecular flexibility index (Phi) is 7.20. The molecule has 1 atom stereocenters. The number of hydrogen-bond donors (Lipinski definition) is 1. The van der Waals surface area contributed by atoms with E-state index in [1.165, 1.54) is 19.3 Å². The largest absolute Gasteiger partial charge is 0.313 e. The Balaban J connectivity index is 3.89. The first-order valence-electron chi connectivity index (χ1n) is 6.23. The fourth-order valence-corrected chi connectivity index (χ4v) is 1.65. The lowest BCUT2D eigenvalue weighted by Gasteiger charge is -2.26. The van der Waals surface area contributed by atoms with Crippen molar-refractivity contribution >= 4 is 0 Å². The van der Waals surface area contributed by atoms with Crippen molar-refractivity contribution < 1.29 is 0 Å². The molecule has 0 aliphatic heterocycles. The first kappa shape index (κ1) is 14.9. The summed E-state index contributed by atoms with van der Waals surface area (Å²) in [5, 5.41) is 3.63. The van der Waals surface area contributed by atoms with Gasteiger partial charge in [-0.1, -0.05) is 27.7 Å². The molecule has 2 heteroatoms. The van der Waals surface area contributed by atoms with Gasteiger partial charge >= 0.3 is 0 Å². The third-order valence-electron chi connectivity index (χ3n) is 2.51. The molecular weight excluding hydrogens is 184 g/mol. The zero-order chi connectivity index (χ0) is 11.9. The van der Waals surface area contributed by atoms with Gasteiger partial charge in [0.15, 0.2) is 0 Å². The predicted molar refractivity (Wildman–Crippen MR) is 69.3 cm³/mol.